The van der Waals surface area contributed by atoms with Gasteiger partial charge in [-0.25, -0.2) is 0 Å². The van der Waals surface area contributed by atoms with Gasteiger partial charge in [0.2, 0.25) is 0 Å². The first-order valence-electron chi connectivity index (χ1n) is 7.54. The molecule has 3 heteroatoms. The van der Waals surface area contributed by atoms with Gasteiger partial charge >= 0.3 is 131 Å². The molecule has 0 aliphatic carbocycles. The number of rotatable bonds is 8. The zero-order valence-electron chi connectivity index (χ0n) is 12.8. The second-order valence-electron chi connectivity index (χ2n) is 5.50. The van der Waals surface area contributed by atoms with E-state index in [-0.39, 0.29) is 0 Å². The number of carbonyl (C=O) groups is 1. The SMILES string of the molecule is CCCCCCCCc1cc(C(=O)O)c(C)c(C)c1[As]. The zero-order chi connectivity index (χ0) is 15.1. The van der Waals surface area contributed by atoms with Crippen LogP contribution >= 0.6 is 0 Å². The standard InChI is InChI=1S/C17H25AsO2/c1-4-5-6-7-8-9-10-14-11-15(17(19)20)12(2)13(3)16(14)18/h11H,4-10H2,1-3H3,(H,19,20). The molecule has 0 bridgehead atoms. The Morgan fingerprint density at radius 1 is 1.10 bits per heavy atom. The van der Waals surface area contributed by atoms with Crippen molar-refractivity contribution in [3.8, 4) is 0 Å². The molecule has 1 aromatic carbocycles. The molecule has 2 nitrogen and oxygen atoms in total. The van der Waals surface area contributed by atoms with Crippen molar-refractivity contribution in [3.63, 3.8) is 0 Å². The van der Waals surface area contributed by atoms with Crippen LogP contribution in [-0.4, -0.2) is 27.9 Å². The van der Waals surface area contributed by atoms with E-state index in [2.05, 4.69) is 23.8 Å². The molecule has 0 aliphatic rings. The van der Waals surface area contributed by atoms with E-state index in [4.69, 9.17) is 0 Å². The number of aryl methyl sites for hydroxylation is 1. The number of unbranched alkanes of at least 4 members (excludes halogenated alkanes) is 5. The van der Waals surface area contributed by atoms with Gasteiger partial charge in [-0.15, -0.1) is 0 Å². The van der Waals surface area contributed by atoms with E-state index < -0.39 is 5.97 Å². The number of benzene rings is 1. The molecule has 1 N–H and O–H groups in total. The van der Waals surface area contributed by atoms with Crippen LogP contribution in [0.2, 0.25) is 0 Å². The molecule has 0 saturated carbocycles. The van der Waals surface area contributed by atoms with E-state index in [9.17, 15) is 9.90 Å². The van der Waals surface area contributed by atoms with Gasteiger partial charge in [0.1, 0.15) is 0 Å². The summed E-state index contributed by atoms with van der Waals surface area (Å²) >= 11 is 2.61. The summed E-state index contributed by atoms with van der Waals surface area (Å²) in [6.07, 6.45) is 8.57. The summed E-state index contributed by atoms with van der Waals surface area (Å²) in [5.74, 6) is -0.817. The first-order chi connectivity index (χ1) is 9.49. The summed E-state index contributed by atoms with van der Waals surface area (Å²) in [4.78, 5) is 11.3. The van der Waals surface area contributed by atoms with Crippen molar-refractivity contribution in [1.29, 1.82) is 0 Å². The van der Waals surface area contributed by atoms with Gasteiger partial charge in [-0.1, -0.05) is 0 Å². The molecule has 1 aromatic rings. The summed E-state index contributed by atoms with van der Waals surface area (Å²) in [6, 6.07) is 1.87. The molecule has 0 saturated heterocycles. The summed E-state index contributed by atoms with van der Waals surface area (Å²) in [5, 5.41) is 9.27. The molecule has 0 amide bonds. The third-order valence-corrected chi connectivity index (χ3v) is 5.28. The van der Waals surface area contributed by atoms with E-state index in [0.29, 0.717) is 5.56 Å². The van der Waals surface area contributed by atoms with Gasteiger partial charge in [0.15, 0.2) is 0 Å². The molecule has 110 valence electrons. The van der Waals surface area contributed by atoms with Gasteiger partial charge in [-0.05, 0) is 0 Å². The average molecular weight is 336 g/mol. The van der Waals surface area contributed by atoms with Gasteiger partial charge in [0.25, 0.3) is 0 Å². The monoisotopic (exact) mass is 336 g/mol. The predicted molar refractivity (Wildman–Crippen MR) is 85.3 cm³/mol. The molecule has 1 rings (SSSR count). The third-order valence-electron chi connectivity index (χ3n) is 3.97. The van der Waals surface area contributed by atoms with E-state index in [1.807, 2.05) is 19.9 Å². The normalized spacial score (nSPS) is 10.8. The minimum atomic E-state index is -0.817. The van der Waals surface area contributed by atoms with Gasteiger partial charge in [-0.3, -0.25) is 0 Å². The van der Waals surface area contributed by atoms with Crippen LogP contribution in [0.4, 0.5) is 0 Å². The summed E-state index contributed by atoms with van der Waals surface area (Å²) in [5.41, 5.74) is 3.63. The molecule has 0 aliphatic heterocycles. The Balaban J connectivity index is 2.68. The number of carboxylic acid groups (broad SMARTS) is 1. The quantitative estimate of drug-likeness (QED) is 0.581. The summed E-state index contributed by atoms with van der Waals surface area (Å²) in [6.45, 7) is 6.13. The molecule has 0 atom stereocenters. The van der Waals surface area contributed by atoms with Crippen LogP contribution in [0.1, 0.15) is 72.5 Å². The topological polar surface area (TPSA) is 37.3 Å². The Hall–Kier alpha value is -0.752. The van der Waals surface area contributed by atoms with Crippen LogP contribution in [0.3, 0.4) is 0 Å². The molecule has 0 fully saturated rings. The summed E-state index contributed by atoms with van der Waals surface area (Å²) in [7, 11) is 0. The maximum atomic E-state index is 11.3. The Kier molecular flexibility index (Phi) is 7.37. The van der Waals surface area contributed by atoms with Crippen molar-refractivity contribution in [2.24, 2.45) is 0 Å². The maximum absolute atomic E-state index is 11.3. The van der Waals surface area contributed by atoms with Crippen LogP contribution in [0.15, 0.2) is 6.07 Å². The van der Waals surface area contributed by atoms with Crippen molar-refractivity contribution in [3.05, 3.63) is 28.3 Å². The summed E-state index contributed by atoms with van der Waals surface area (Å²) < 4.78 is 1.20. The Morgan fingerprint density at radius 2 is 1.70 bits per heavy atom. The van der Waals surface area contributed by atoms with Gasteiger partial charge in [-0.2, -0.15) is 0 Å². The fourth-order valence-electron chi connectivity index (χ4n) is 2.48. The molecule has 0 aromatic heterocycles. The van der Waals surface area contributed by atoms with E-state index in [1.165, 1.54) is 42.0 Å². The average Bonchev–Trinajstić information content (AvgIpc) is 2.42. The molecular weight excluding hydrogens is 311 g/mol. The fourth-order valence-corrected chi connectivity index (χ4v) is 3.20. The van der Waals surface area contributed by atoms with E-state index >= 15 is 0 Å². The van der Waals surface area contributed by atoms with Crippen molar-refractivity contribution in [2.45, 2.75) is 65.7 Å². The van der Waals surface area contributed by atoms with Crippen molar-refractivity contribution in [1.82, 2.24) is 0 Å². The predicted octanol–water partition coefficient (Wildman–Crippen LogP) is 3.70. The number of hydrogen-bond acceptors (Lipinski definition) is 1. The number of hydrogen-bond donors (Lipinski definition) is 1. The van der Waals surface area contributed by atoms with Crippen LogP contribution in [0.5, 0.6) is 0 Å². The number of carboxylic acids is 1. The van der Waals surface area contributed by atoms with Crippen LogP contribution in [0.25, 0.3) is 0 Å². The molecule has 0 unspecified atom stereocenters. The molecule has 0 heterocycles. The van der Waals surface area contributed by atoms with Crippen molar-refractivity contribution < 1.29 is 9.90 Å². The fraction of sp³-hybridized carbons (Fsp3) is 0.588. The molecule has 20 heavy (non-hydrogen) atoms. The molecule has 0 spiro atoms. The Bertz CT molecular complexity index is 467. The second-order valence-corrected chi connectivity index (χ2v) is 6.44. The molecule has 2 radical (unpaired) electrons. The van der Waals surface area contributed by atoms with Crippen LogP contribution in [-0.2, 0) is 6.42 Å². The van der Waals surface area contributed by atoms with Crippen molar-refractivity contribution >= 4 is 27.2 Å². The van der Waals surface area contributed by atoms with Gasteiger partial charge < -0.3 is 0 Å². The van der Waals surface area contributed by atoms with Gasteiger partial charge in [0.05, 0.1) is 0 Å². The van der Waals surface area contributed by atoms with Crippen LogP contribution in [0, 0.1) is 13.8 Å². The first-order valence-corrected chi connectivity index (χ1v) is 8.48. The number of aromatic carboxylic acids is 1. The zero-order valence-corrected chi connectivity index (χ0v) is 14.7. The van der Waals surface area contributed by atoms with E-state index in [0.717, 1.165) is 24.0 Å². The second kappa shape index (κ2) is 8.52. The van der Waals surface area contributed by atoms with Crippen LogP contribution < -0.4 is 4.35 Å². The van der Waals surface area contributed by atoms with Crippen molar-refractivity contribution in [2.75, 3.05) is 0 Å². The minimum absolute atomic E-state index is 0.457. The van der Waals surface area contributed by atoms with E-state index in [1.54, 1.807) is 0 Å². The Morgan fingerprint density at radius 3 is 2.30 bits per heavy atom. The Labute approximate surface area is 131 Å². The molecular formula is C17H25AsO2. The first kappa shape index (κ1) is 17.3. The third kappa shape index (κ3) is 4.66. The van der Waals surface area contributed by atoms with Gasteiger partial charge in [0, 0.05) is 0 Å².